The van der Waals surface area contributed by atoms with Crippen molar-refractivity contribution >= 4 is 23.4 Å². The number of hydrogen-bond acceptors (Lipinski definition) is 5. The Bertz CT molecular complexity index is 556. The molecule has 0 heterocycles. The molecule has 114 valence electrons. The average Bonchev–Trinajstić information content (AvgIpc) is 2.93. The Balaban J connectivity index is 2.03. The highest BCUT2D eigenvalue weighted by Gasteiger charge is 2.33. The van der Waals surface area contributed by atoms with Crippen molar-refractivity contribution in [3.8, 4) is 5.75 Å². The summed E-state index contributed by atoms with van der Waals surface area (Å²) < 4.78 is 0.0957. The van der Waals surface area contributed by atoms with E-state index in [0.29, 0.717) is 6.54 Å². The molecule has 0 saturated heterocycles. The van der Waals surface area contributed by atoms with Gasteiger partial charge in [0.05, 0.1) is 4.92 Å². The first-order valence-corrected chi connectivity index (χ1v) is 8.01. The van der Waals surface area contributed by atoms with E-state index >= 15 is 0 Å². The van der Waals surface area contributed by atoms with Gasteiger partial charge in [0.1, 0.15) is 0 Å². The first kappa shape index (κ1) is 15.6. The van der Waals surface area contributed by atoms with Crippen molar-refractivity contribution in [3.05, 3.63) is 33.9 Å². The Kier molecular flexibility index (Phi) is 4.72. The number of nitrogens with one attached hydrogen (secondary N) is 1. The molecule has 2 rings (SSSR count). The fourth-order valence-electron chi connectivity index (χ4n) is 2.63. The summed E-state index contributed by atoms with van der Waals surface area (Å²) in [5.74, 6) is -0.811. The number of thioether (sulfide) groups is 1. The van der Waals surface area contributed by atoms with Crippen molar-refractivity contribution in [2.24, 2.45) is 0 Å². The second-order valence-corrected chi connectivity index (χ2v) is 6.51. The maximum Gasteiger partial charge on any atom is 0.310 e. The van der Waals surface area contributed by atoms with Crippen LogP contribution in [-0.4, -0.2) is 33.5 Å². The third kappa shape index (κ3) is 3.47. The van der Waals surface area contributed by atoms with E-state index in [0.717, 1.165) is 25.0 Å². The number of nitrogens with zero attached hydrogens (tertiary/aromatic N) is 1. The number of amides is 1. The molecule has 6 nitrogen and oxygen atoms in total. The van der Waals surface area contributed by atoms with Gasteiger partial charge in [-0.3, -0.25) is 14.9 Å². The smallest absolute Gasteiger partial charge is 0.310 e. The van der Waals surface area contributed by atoms with Crippen LogP contribution in [0.4, 0.5) is 5.69 Å². The van der Waals surface area contributed by atoms with Crippen molar-refractivity contribution in [1.82, 2.24) is 5.32 Å². The van der Waals surface area contributed by atoms with Gasteiger partial charge in [0.25, 0.3) is 5.91 Å². The van der Waals surface area contributed by atoms with Crippen molar-refractivity contribution in [1.29, 1.82) is 0 Å². The Labute approximate surface area is 127 Å². The summed E-state index contributed by atoms with van der Waals surface area (Å²) in [6, 6.07) is 3.63. The summed E-state index contributed by atoms with van der Waals surface area (Å²) in [6.07, 6.45) is 6.57. The highest BCUT2D eigenvalue weighted by Crippen LogP contribution is 2.39. The molecule has 1 amide bonds. The van der Waals surface area contributed by atoms with Crippen LogP contribution < -0.4 is 5.32 Å². The van der Waals surface area contributed by atoms with Gasteiger partial charge in [-0.05, 0) is 31.2 Å². The van der Waals surface area contributed by atoms with Crippen molar-refractivity contribution in [2.45, 2.75) is 30.4 Å². The molecule has 0 aliphatic heterocycles. The summed E-state index contributed by atoms with van der Waals surface area (Å²) in [7, 11) is 0. The summed E-state index contributed by atoms with van der Waals surface area (Å²) in [4.78, 5) is 22.0. The fraction of sp³-hybridized carbons (Fsp3) is 0.500. The van der Waals surface area contributed by atoms with E-state index in [2.05, 4.69) is 11.6 Å². The zero-order valence-electron chi connectivity index (χ0n) is 11.8. The Morgan fingerprint density at radius 1 is 1.48 bits per heavy atom. The molecular formula is C14H18N2O4S. The minimum atomic E-state index is -0.682. The van der Waals surface area contributed by atoms with E-state index in [1.807, 2.05) is 0 Å². The number of nitro benzene ring substituents is 1. The van der Waals surface area contributed by atoms with Gasteiger partial charge >= 0.3 is 5.69 Å². The lowest BCUT2D eigenvalue weighted by molar-refractivity contribution is -0.385. The van der Waals surface area contributed by atoms with Crippen LogP contribution in [0, 0.1) is 10.1 Å². The molecular weight excluding hydrogens is 292 g/mol. The van der Waals surface area contributed by atoms with E-state index < -0.39 is 16.4 Å². The zero-order chi connectivity index (χ0) is 15.5. The number of phenolic OH excluding ortho intramolecular Hbond substituents is 1. The normalized spacial score (nSPS) is 16.6. The first-order valence-electron chi connectivity index (χ1n) is 6.78. The monoisotopic (exact) mass is 310 g/mol. The first-order chi connectivity index (χ1) is 9.97. The standard InChI is InChI=1S/C14H18N2O4S/c1-21-14(6-2-3-7-14)9-15-13(18)10-4-5-11(16(19)20)12(17)8-10/h4-5,8,17H,2-3,6-7,9H2,1H3,(H,15,18). The molecule has 1 aliphatic rings. The molecule has 1 aromatic rings. The van der Waals surface area contributed by atoms with Gasteiger partial charge in [0.2, 0.25) is 0 Å². The van der Waals surface area contributed by atoms with Crippen LogP contribution >= 0.6 is 11.8 Å². The van der Waals surface area contributed by atoms with Gasteiger partial charge in [-0.2, -0.15) is 11.8 Å². The maximum absolute atomic E-state index is 12.1. The summed E-state index contributed by atoms with van der Waals surface area (Å²) in [6.45, 7) is 0.574. The lowest BCUT2D eigenvalue weighted by atomic mass is 10.1. The topological polar surface area (TPSA) is 92.5 Å². The number of rotatable bonds is 5. The SMILES string of the molecule is CSC1(CNC(=O)c2ccc([N+](=O)[O-])c(O)c2)CCCC1. The number of phenols is 1. The molecule has 1 fully saturated rings. The third-order valence-electron chi connectivity index (χ3n) is 3.95. The van der Waals surface area contributed by atoms with Gasteiger partial charge in [-0.25, -0.2) is 0 Å². The van der Waals surface area contributed by atoms with Gasteiger partial charge < -0.3 is 10.4 Å². The number of nitro groups is 1. The fourth-order valence-corrected chi connectivity index (χ4v) is 3.55. The average molecular weight is 310 g/mol. The maximum atomic E-state index is 12.1. The number of carbonyl (C=O) groups excluding carboxylic acids is 1. The second-order valence-electron chi connectivity index (χ2n) is 5.24. The molecule has 1 aromatic carbocycles. The summed E-state index contributed by atoms with van der Waals surface area (Å²) in [5, 5.41) is 23.1. The van der Waals surface area contributed by atoms with E-state index in [4.69, 9.17) is 0 Å². The largest absolute Gasteiger partial charge is 0.502 e. The molecule has 0 bridgehead atoms. The lowest BCUT2D eigenvalue weighted by Crippen LogP contribution is -2.38. The van der Waals surface area contributed by atoms with E-state index in [1.54, 1.807) is 11.8 Å². The Morgan fingerprint density at radius 3 is 2.67 bits per heavy atom. The summed E-state index contributed by atoms with van der Waals surface area (Å²) in [5.41, 5.74) is -0.171. The van der Waals surface area contributed by atoms with E-state index in [1.165, 1.54) is 18.9 Å². The number of benzene rings is 1. The van der Waals surface area contributed by atoms with Crippen molar-refractivity contribution < 1.29 is 14.8 Å². The zero-order valence-corrected chi connectivity index (χ0v) is 12.6. The highest BCUT2D eigenvalue weighted by atomic mass is 32.2. The predicted octanol–water partition coefficient (Wildman–Crippen LogP) is 2.71. The highest BCUT2D eigenvalue weighted by molar-refractivity contribution is 8.00. The van der Waals surface area contributed by atoms with Gasteiger partial charge in [0, 0.05) is 22.9 Å². The molecule has 21 heavy (non-hydrogen) atoms. The third-order valence-corrected chi connectivity index (χ3v) is 5.37. The van der Waals surface area contributed by atoms with Crippen LogP contribution in [0.15, 0.2) is 18.2 Å². The van der Waals surface area contributed by atoms with Gasteiger partial charge in [0.15, 0.2) is 5.75 Å². The lowest BCUT2D eigenvalue weighted by Gasteiger charge is -2.26. The molecule has 0 unspecified atom stereocenters. The molecule has 1 aliphatic carbocycles. The molecule has 0 radical (unpaired) electrons. The van der Waals surface area contributed by atoms with Crippen molar-refractivity contribution in [2.75, 3.05) is 12.8 Å². The van der Waals surface area contributed by atoms with E-state index in [9.17, 15) is 20.0 Å². The molecule has 0 aromatic heterocycles. The van der Waals surface area contributed by atoms with Gasteiger partial charge in [-0.15, -0.1) is 0 Å². The molecule has 0 spiro atoms. The van der Waals surface area contributed by atoms with Crippen molar-refractivity contribution in [3.63, 3.8) is 0 Å². The predicted molar refractivity (Wildman–Crippen MR) is 81.8 cm³/mol. The molecule has 1 saturated carbocycles. The number of carbonyl (C=O) groups is 1. The number of hydrogen-bond donors (Lipinski definition) is 2. The molecule has 7 heteroatoms. The van der Waals surface area contributed by atoms with Crippen LogP contribution in [0.2, 0.25) is 0 Å². The summed E-state index contributed by atoms with van der Waals surface area (Å²) >= 11 is 1.77. The van der Waals surface area contributed by atoms with Gasteiger partial charge in [-0.1, -0.05) is 12.8 Å². The number of aromatic hydroxyl groups is 1. The van der Waals surface area contributed by atoms with Crippen LogP contribution in [-0.2, 0) is 0 Å². The molecule has 2 N–H and O–H groups in total. The Hall–Kier alpha value is -1.76. The Morgan fingerprint density at radius 2 is 2.14 bits per heavy atom. The van der Waals surface area contributed by atoms with Crippen LogP contribution in [0.5, 0.6) is 5.75 Å². The minimum absolute atomic E-state index is 0.0957. The van der Waals surface area contributed by atoms with Crippen LogP contribution in [0.3, 0.4) is 0 Å². The molecule has 0 atom stereocenters. The minimum Gasteiger partial charge on any atom is -0.502 e. The second kappa shape index (κ2) is 6.34. The van der Waals surface area contributed by atoms with E-state index in [-0.39, 0.29) is 16.2 Å². The van der Waals surface area contributed by atoms with Crippen LogP contribution in [0.1, 0.15) is 36.0 Å². The quantitative estimate of drug-likeness (QED) is 0.644. The van der Waals surface area contributed by atoms with Crippen LogP contribution in [0.25, 0.3) is 0 Å².